The quantitative estimate of drug-likeness (QED) is 0.836. The molecule has 1 aliphatic rings. The fourth-order valence-electron chi connectivity index (χ4n) is 2.41. The standard InChI is InChI=1S/C17H16BrNO3/c1-11-3-5-12(6-4-11)9-19-14-8-15(21-2)13(18)7-16(14)22-10-17(19)20/h3-8H,9-10H2,1-2H3. The molecular weight excluding hydrogens is 346 g/mol. The summed E-state index contributed by atoms with van der Waals surface area (Å²) >= 11 is 3.44. The summed E-state index contributed by atoms with van der Waals surface area (Å²) in [6.45, 7) is 2.61. The molecule has 1 heterocycles. The van der Waals surface area contributed by atoms with Gasteiger partial charge in [0.1, 0.15) is 11.5 Å². The Balaban J connectivity index is 1.98. The third kappa shape index (κ3) is 2.81. The molecule has 0 saturated carbocycles. The van der Waals surface area contributed by atoms with E-state index >= 15 is 0 Å². The van der Waals surface area contributed by atoms with Crippen LogP contribution in [-0.2, 0) is 11.3 Å². The number of benzene rings is 2. The van der Waals surface area contributed by atoms with Gasteiger partial charge in [0.05, 0.1) is 23.8 Å². The minimum absolute atomic E-state index is 0.0532. The lowest BCUT2D eigenvalue weighted by Gasteiger charge is -2.30. The Bertz CT molecular complexity index is 713. The van der Waals surface area contributed by atoms with Crippen molar-refractivity contribution in [1.82, 2.24) is 0 Å². The summed E-state index contributed by atoms with van der Waals surface area (Å²) in [6, 6.07) is 11.8. The average Bonchev–Trinajstić information content (AvgIpc) is 2.52. The summed E-state index contributed by atoms with van der Waals surface area (Å²) in [4.78, 5) is 14.0. The predicted molar refractivity (Wildman–Crippen MR) is 88.6 cm³/mol. The fourth-order valence-corrected chi connectivity index (χ4v) is 2.89. The lowest BCUT2D eigenvalue weighted by molar-refractivity contribution is -0.121. The van der Waals surface area contributed by atoms with Crippen molar-refractivity contribution >= 4 is 27.5 Å². The molecule has 0 atom stereocenters. The number of carbonyl (C=O) groups is 1. The van der Waals surface area contributed by atoms with Gasteiger partial charge in [0.2, 0.25) is 0 Å². The molecule has 0 aromatic heterocycles. The van der Waals surface area contributed by atoms with E-state index in [4.69, 9.17) is 9.47 Å². The van der Waals surface area contributed by atoms with Crippen LogP contribution in [0, 0.1) is 6.92 Å². The maximum Gasteiger partial charge on any atom is 0.265 e. The second-order valence-electron chi connectivity index (χ2n) is 5.21. The molecule has 0 fully saturated rings. The number of halogens is 1. The zero-order valence-corrected chi connectivity index (χ0v) is 14.0. The first-order valence-corrected chi connectivity index (χ1v) is 7.74. The first kappa shape index (κ1) is 14.9. The first-order valence-electron chi connectivity index (χ1n) is 6.94. The van der Waals surface area contributed by atoms with Crippen LogP contribution in [0.4, 0.5) is 5.69 Å². The molecule has 1 amide bonds. The number of methoxy groups -OCH3 is 1. The second kappa shape index (κ2) is 6.01. The Morgan fingerprint density at radius 2 is 2.00 bits per heavy atom. The molecule has 114 valence electrons. The van der Waals surface area contributed by atoms with Gasteiger partial charge in [-0.2, -0.15) is 0 Å². The van der Waals surface area contributed by atoms with Crippen LogP contribution in [0.1, 0.15) is 11.1 Å². The zero-order chi connectivity index (χ0) is 15.7. The van der Waals surface area contributed by atoms with E-state index in [1.807, 2.05) is 43.3 Å². The summed E-state index contributed by atoms with van der Waals surface area (Å²) in [6.07, 6.45) is 0. The molecule has 0 N–H and O–H groups in total. The van der Waals surface area contributed by atoms with Crippen LogP contribution in [0.15, 0.2) is 40.9 Å². The van der Waals surface area contributed by atoms with E-state index in [0.717, 1.165) is 15.7 Å². The summed E-state index contributed by atoms with van der Waals surface area (Å²) < 4.78 is 11.7. The second-order valence-corrected chi connectivity index (χ2v) is 6.06. The van der Waals surface area contributed by atoms with Gasteiger partial charge in [-0.25, -0.2) is 0 Å². The van der Waals surface area contributed by atoms with Gasteiger partial charge in [0.15, 0.2) is 6.61 Å². The Labute approximate surface area is 137 Å². The van der Waals surface area contributed by atoms with E-state index in [1.165, 1.54) is 5.56 Å². The predicted octanol–water partition coefficient (Wildman–Crippen LogP) is 3.69. The van der Waals surface area contributed by atoms with Crippen molar-refractivity contribution in [2.75, 3.05) is 18.6 Å². The third-order valence-electron chi connectivity index (χ3n) is 3.64. The molecule has 0 spiro atoms. The van der Waals surface area contributed by atoms with Gasteiger partial charge in [0, 0.05) is 12.1 Å². The van der Waals surface area contributed by atoms with Crippen molar-refractivity contribution in [2.45, 2.75) is 13.5 Å². The molecule has 2 aromatic rings. The van der Waals surface area contributed by atoms with Crippen LogP contribution >= 0.6 is 15.9 Å². The molecular formula is C17H16BrNO3. The van der Waals surface area contributed by atoms with Gasteiger partial charge >= 0.3 is 0 Å². The van der Waals surface area contributed by atoms with Crippen molar-refractivity contribution in [2.24, 2.45) is 0 Å². The normalized spacial score (nSPS) is 13.6. The van der Waals surface area contributed by atoms with Crippen molar-refractivity contribution in [3.63, 3.8) is 0 Å². The van der Waals surface area contributed by atoms with Crippen LogP contribution < -0.4 is 14.4 Å². The van der Waals surface area contributed by atoms with Crippen LogP contribution in [-0.4, -0.2) is 19.6 Å². The Kier molecular flexibility index (Phi) is 4.07. The van der Waals surface area contributed by atoms with Crippen molar-refractivity contribution in [3.8, 4) is 11.5 Å². The van der Waals surface area contributed by atoms with Crippen LogP contribution in [0.3, 0.4) is 0 Å². The number of nitrogens with zero attached hydrogens (tertiary/aromatic N) is 1. The number of hydrogen-bond donors (Lipinski definition) is 0. The lowest BCUT2D eigenvalue weighted by atomic mass is 10.1. The van der Waals surface area contributed by atoms with Crippen molar-refractivity contribution in [1.29, 1.82) is 0 Å². The van der Waals surface area contributed by atoms with E-state index in [0.29, 0.717) is 18.0 Å². The number of aryl methyl sites for hydroxylation is 1. The summed E-state index contributed by atoms with van der Waals surface area (Å²) in [5.41, 5.74) is 3.01. The van der Waals surface area contributed by atoms with Gasteiger partial charge in [-0.1, -0.05) is 29.8 Å². The molecule has 22 heavy (non-hydrogen) atoms. The zero-order valence-electron chi connectivity index (χ0n) is 12.4. The number of fused-ring (bicyclic) bond motifs is 1. The van der Waals surface area contributed by atoms with E-state index < -0.39 is 0 Å². The minimum atomic E-state index is -0.0579. The number of anilines is 1. The maximum absolute atomic E-state index is 12.3. The molecule has 2 aromatic carbocycles. The van der Waals surface area contributed by atoms with Crippen LogP contribution in [0.5, 0.6) is 11.5 Å². The molecule has 3 rings (SSSR count). The van der Waals surface area contributed by atoms with Gasteiger partial charge in [-0.3, -0.25) is 4.79 Å². The smallest absolute Gasteiger partial charge is 0.265 e. The van der Waals surface area contributed by atoms with Gasteiger partial charge < -0.3 is 14.4 Å². The highest BCUT2D eigenvalue weighted by atomic mass is 79.9. The van der Waals surface area contributed by atoms with E-state index in [2.05, 4.69) is 15.9 Å². The fraction of sp³-hybridized carbons (Fsp3) is 0.235. The molecule has 0 bridgehead atoms. The molecule has 4 nitrogen and oxygen atoms in total. The lowest BCUT2D eigenvalue weighted by Crippen LogP contribution is -2.38. The topological polar surface area (TPSA) is 38.8 Å². The van der Waals surface area contributed by atoms with E-state index in [9.17, 15) is 4.79 Å². The van der Waals surface area contributed by atoms with Crippen LogP contribution in [0.25, 0.3) is 0 Å². The summed E-state index contributed by atoms with van der Waals surface area (Å²) in [5.74, 6) is 1.29. The Hall–Kier alpha value is -2.01. The summed E-state index contributed by atoms with van der Waals surface area (Å²) in [7, 11) is 1.60. The molecule has 1 aliphatic heterocycles. The SMILES string of the molecule is COc1cc2c(cc1Br)OCC(=O)N2Cc1ccc(C)cc1. The average molecular weight is 362 g/mol. The number of carbonyl (C=O) groups excluding carboxylic acids is 1. The van der Waals surface area contributed by atoms with Crippen molar-refractivity contribution < 1.29 is 14.3 Å². The highest BCUT2D eigenvalue weighted by Gasteiger charge is 2.27. The third-order valence-corrected chi connectivity index (χ3v) is 4.26. The van der Waals surface area contributed by atoms with Gasteiger partial charge in [0.25, 0.3) is 5.91 Å². The summed E-state index contributed by atoms with van der Waals surface area (Å²) in [5, 5.41) is 0. The largest absolute Gasteiger partial charge is 0.495 e. The molecule has 0 saturated heterocycles. The number of hydrogen-bond acceptors (Lipinski definition) is 3. The molecule has 0 unspecified atom stereocenters. The maximum atomic E-state index is 12.3. The Morgan fingerprint density at radius 1 is 1.27 bits per heavy atom. The van der Waals surface area contributed by atoms with E-state index in [-0.39, 0.29) is 12.5 Å². The molecule has 0 radical (unpaired) electrons. The van der Waals surface area contributed by atoms with E-state index in [1.54, 1.807) is 12.0 Å². The van der Waals surface area contributed by atoms with Gasteiger partial charge in [-0.05, 0) is 28.4 Å². The number of rotatable bonds is 3. The highest BCUT2D eigenvalue weighted by molar-refractivity contribution is 9.10. The highest BCUT2D eigenvalue weighted by Crippen LogP contribution is 2.40. The minimum Gasteiger partial charge on any atom is -0.495 e. The first-order chi connectivity index (χ1) is 10.6. The molecule has 0 aliphatic carbocycles. The van der Waals surface area contributed by atoms with Crippen molar-refractivity contribution in [3.05, 3.63) is 52.0 Å². The Morgan fingerprint density at radius 3 is 2.68 bits per heavy atom. The van der Waals surface area contributed by atoms with Gasteiger partial charge in [-0.15, -0.1) is 0 Å². The number of amides is 1. The number of ether oxygens (including phenoxy) is 2. The molecule has 5 heteroatoms. The van der Waals surface area contributed by atoms with Crippen LogP contribution in [0.2, 0.25) is 0 Å². The monoisotopic (exact) mass is 361 g/mol.